The average Bonchev–Trinajstić information content (AvgIpc) is 2.79. The van der Waals surface area contributed by atoms with Crippen LogP contribution in [0.15, 0.2) is 115 Å². The second kappa shape index (κ2) is 7.37. The van der Waals surface area contributed by atoms with E-state index in [9.17, 15) is 0 Å². The van der Waals surface area contributed by atoms with E-state index >= 15 is 0 Å². The lowest BCUT2D eigenvalue weighted by molar-refractivity contribution is -0.581. The van der Waals surface area contributed by atoms with Crippen molar-refractivity contribution in [1.82, 2.24) is 0 Å². The van der Waals surface area contributed by atoms with E-state index < -0.39 is 0 Å². The van der Waals surface area contributed by atoms with E-state index in [0.29, 0.717) is 0 Å². The highest BCUT2D eigenvalue weighted by atomic mass is 15.0. The van der Waals surface area contributed by atoms with Gasteiger partial charge in [-0.3, -0.25) is 0 Å². The zero-order valence-corrected chi connectivity index (χ0v) is 16.4. The number of aryl methyl sites for hydroxylation is 1. The molecule has 0 fully saturated rings. The zero-order valence-electron chi connectivity index (χ0n) is 16.4. The van der Waals surface area contributed by atoms with Gasteiger partial charge in [-0.2, -0.15) is 4.57 Å². The molecule has 0 unspecified atom stereocenters. The summed E-state index contributed by atoms with van der Waals surface area (Å²) in [6.07, 6.45) is 2.26. The van der Waals surface area contributed by atoms with Gasteiger partial charge in [0.1, 0.15) is 0 Å². The Morgan fingerprint density at radius 1 is 0.586 bits per heavy atom. The van der Waals surface area contributed by atoms with Crippen molar-refractivity contribution >= 4 is 10.8 Å². The first kappa shape index (κ1) is 17.4. The molecule has 1 heteroatoms. The summed E-state index contributed by atoms with van der Waals surface area (Å²) < 4.78 is 2.34. The third-order valence-electron chi connectivity index (χ3n) is 5.37. The summed E-state index contributed by atoms with van der Waals surface area (Å²) in [5, 5.41) is 2.49. The van der Waals surface area contributed by atoms with Crippen molar-refractivity contribution in [3.63, 3.8) is 0 Å². The normalized spacial score (nSPS) is 10.9. The van der Waals surface area contributed by atoms with Crippen molar-refractivity contribution < 1.29 is 4.57 Å². The molecule has 0 saturated carbocycles. The summed E-state index contributed by atoms with van der Waals surface area (Å²) in [5.41, 5.74) is 7.33. The lowest BCUT2D eigenvalue weighted by Crippen LogP contribution is -2.34. The van der Waals surface area contributed by atoms with Gasteiger partial charge in [0.2, 0.25) is 11.4 Å². The van der Waals surface area contributed by atoms with Gasteiger partial charge < -0.3 is 0 Å². The fourth-order valence-electron chi connectivity index (χ4n) is 4.05. The predicted molar refractivity (Wildman–Crippen MR) is 121 cm³/mol. The van der Waals surface area contributed by atoms with Crippen LogP contribution in [0.2, 0.25) is 0 Å². The van der Waals surface area contributed by atoms with Gasteiger partial charge in [0.05, 0.1) is 5.56 Å². The van der Waals surface area contributed by atoms with Crippen molar-refractivity contribution in [1.29, 1.82) is 0 Å². The van der Waals surface area contributed by atoms with E-state index in [1.165, 1.54) is 44.4 Å². The van der Waals surface area contributed by atoms with Gasteiger partial charge in [-0.1, -0.05) is 78.9 Å². The summed E-state index contributed by atoms with van der Waals surface area (Å²) in [7, 11) is 0. The lowest BCUT2D eigenvalue weighted by atomic mass is 9.93. The third kappa shape index (κ3) is 3.21. The van der Waals surface area contributed by atoms with Crippen LogP contribution in [0, 0.1) is 6.92 Å². The Morgan fingerprint density at radius 2 is 1.24 bits per heavy atom. The van der Waals surface area contributed by atoms with Crippen LogP contribution in [-0.4, -0.2) is 0 Å². The van der Waals surface area contributed by atoms with Crippen molar-refractivity contribution in [2.75, 3.05) is 0 Å². The van der Waals surface area contributed by atoms with E-state index in [4.69, 9.17) is 0 Å². The smallest absolute Gasteiger partial charge is 0.159 e. The van der Waals surface area contributed by atoms with Gasteiger partial charge in [0.25, 0.3) is 0 Å². The maximum Gasteiger partial charge on any atom is 0.226 e. The molecule has 5 rings (SSSR count). The molecule has 1 aromatic heterocycles. The molecule has 138 valence electrons. The van der Waals surface area contributed by atoms with Crippen LogP contribution in [0.4, 0.5) is 0 Å². The number of aromatic nitrogens is 1. The van der Waals surface area contributed by atoms with Gasteiger partial charge in [0.15, 0.2) is 6.20 Å². The molecule has 5 aromatic rings. The zero-order chi connectivity index (χ0) is 19.6. The lowest BCUT2D eigenvalue weighted by Gasteiger charge is -2.13. The average molecular weight is 372 g/mol. The number of rotatable bonds is 3. The van der Waals surface area contributed by atoms with Gasteiger partial charge in [-0.15, -0.1) is 0 Å². The molecule has 0 N–H and O–H groups in total. The minimum atomic E-state index is 1.17. The third-order valence-corrected chi connectivity index (χ3v) is 5.37. The first-order valence-electron chi connectivity index (χ1n) is 9.96. The quantitative estimate of drug-likeness (QED) is 0.308. The Balaban J connectivity index is 1.97. The van der Waals surface area contributed by atoms with Crippen LogP contribution < -0.4 is 4.57 Å². The highest BCUT2D eigenvalue weighted by molar-refractivity contribution is 6.01. The number of benzene rings is 4. The number of fused-ring (bicyclic) bond motifs is 1. The van der Waals surface area contributed by atoms with Crippen LogP contribution in [0.25, 0.3) is 38.8 Å². The standard InChI is InChI=1S/C28H22N/c1-21-11-10-17-25(19-21)29-20-24-16-8-9-18-26(24)27(22-12-4-2-5-13-22)28(29)23-14-6-3-7-15-23/h2-20H,1H3/q+1. The fourth-order valence-corrected chi connectivity index (χ4v) is 4.05. The molecule has 1 nitrogen and oxygen atoms in total. The number of pyridine rings is 1. The Morgan fingerprint density at radius 3 is 1.97 bits per heavy atom. The predicted octanol–water partition coefficient (Wildman–Crippen LogP) is 6.76. The summed E-state index contributed by atoms with van der Waals surface area (Å²) in [5.74, 6) is 0. The first-order chi connectivity index (χ1) is 14.3. The summed E-state index contributed by atoms with van der Waals surface area (Å²) in [6, 6.07) is 38.8. The van der Waals surface area contributed by atoms with E-state index in [2.05, 4.69) is 127 Å². The monoisotopic (exact) mass is 372 g/mol. The maximum absolute atomic E-state index is 2.34. The van der Waals surface area contributed by atoms with E-state index in [-0.39, 0.29) is 0 Å². The Hall–Kier alpha value is -3.71. The van der Waals surface area contributed by atoms with Gasteiger partial charge >= 0.3 is 0 Å². The Labute approximate surface area is 171 Å². The summed E-state index contributed by atoms with van der Waals surface area (Å²) in [6.45, 7) is 2.14. The highest BCUT2D eigenvalue weighted by Gasteiger charge is 2.25. The van der Waals surface area contributed by atoms with E-state index in [1.807, 2.05) is 0 Å². The Kier molecular flexibility index (Phi) is 4.42. The molecular formula is C28H22N+. The molecule has 1 heterocycles. The van der Waals surface area contributed by atoms with Crippen LogP contribution in [0.3, 0.4) is 0 Å². The van der Waals surface area contributed by atoms with Gasteiger partial charge in [-0.05, 0) is 36.2 Å². The SMILES string of the molecule is Cc1cccc(-[n+]2cc3ccccc3c(-c3ccccc3)c2-c2ccccc2)c1. The van der Waals surface area contributed by atoms with Crippen molar-refractivity contribution in [2.24, 2.45) is 0 Å². The minimum absolute atomic E-state index is 1.17. The van der Waals surface area contributed by atoms with E-state index in [1.54, 1.807) is 0 Å². The molecule has 0 aliphatic heterocycles. The molecule has 0 amide bonds. The van der Waals surface area contributed by atoms with Crippen molar-refractivity contribution in [2.45, 2.75) is 6.92 Å². The molecule has 29 heavy (non-hydrogen) atoms. The molecule has 0 atom stereocenters. The van der Waals surface area contributed by atoms with Crippen LogP contribution in [0.1, 0.15) is 5.56 Å². The van der Waals surface area contributed by atoms with Crippen molar-refractivity contribution in [3.05, 3.63) is 121 Å². The molecule has 4 aromatic carbocycles. The maximum atomic E-state index is 2.34. The first-order valence-corrected chi connectivity index (χ1v) is 9.96. The molecule has 0 radical (unpaired) electrons. The Bertz CT molecular complexity index is 1290. The van der Waals surface area contributed by atoms with Crippen LogP contribution in [-0.2, 0) is 0 Å². The van der Waals surface area contributed by atoms with E-state index in [0.717, 1.165) is 0 Å². The van der Waals surface area contributed by atoms with Crippen LogP contribution >= 0.6 is 0 Å². The van der Waals surface area contributed by atoms with Crippen molar-refractivity contribution in [3.8, 4) is 28.1 Å². The van der Waals surface area contributed by atoms with Gasteiger partial charge in [-0.25, -0.2) is 0 Å². The molecule has 0 bridgehead atoms. The molecule has 0 spiro atoms. The van der Waals surface area contributed by atoms with Crippen LogP contribution in [0.5, 0.6) is 0 Å². The fraction of sp³-hybridized carbons (Fsp3) is 0.0357. The topological polar surface area (TPSA) is 3.88 Å². The molecule has 0 aliphatic rings. The second-order valence-electron chi connectivity index (χ2n) is 7.38. The highest BCUT2D eigenvalue weighted by Crippen LogP contribution is 2.36. The minimum Gasteiger partial charge on any atom is -0.159 e. The number of hydrogen-bond acceptors (Lipinski definition) is 0. The number of hydrogen-bond donors (Lipinski definition) is 0. The molecular weight excluding hydrogens is 350 g/mol. The number of nitrogens with zero attached hydrogens (tertiary/aromatic N) is 1. The largest absolute Gasteiger partial charge is 0.226 e. The van der Waals surface area contributed by atoms with Gasteiger partial charge in [0, 0.05) is 28.5 Å². The summed E-state index contributed by atoms with van der Waals surface area (Å²) in [4.78, 5) is 0. The molecule has 0 aliphatic carbocycles. The molecule has 0 saturated heterocycles. The second-order valence-corrected chi connectivity index (χ2v) is 7.38. The summed E-state index contributed by atoms with van der Waals surface area (Å²) >= 11 is 0.